The second-order valence-electron chi connectivity index (χ2n) is 11.6. The molecule has 0 spiro atoms. The van der Waals surface area contributed by atoms with Gasteiger partial charge >= 0.3 is 8.80 Å². The lowest BCUT2D eigenvalue weighted by Gasteiger charge is -2.31. The molecule has 0 bridgehead atoms. The van der Waals surface area contributed by atoms with Crippen molar-refractivity contribution < 1.29 is 28.3 Å². The number of aliphatic hydroxyl groups is 2. The van der Waals surface area contributed by atoms with Crippen LogP contribution in [0.4, 0.5) is 0 Å². The first-order chi connectivity index (χ1) is 17.5. The fourth-order valence-electron chi connectivity index (χ4n) is 5.08. The van der Waals surface area contributed by atoms with E-state index in [1.807, 2.05) is 27.7 Å². The van der Waals surface area contributed by atoms with Crippen molar-refractivity contribution in [1.82, 2.24) is 0 Å². The highest BCUT2D eigenvalue weighted by molar-refractivity contribution is 6.62. The molecule has 1 heterocycles. The summed E-state index contributed by atoms with van der Waals surface area (Å²) in [6.45, 7) is 18.9. The molecule has 2 aliphatic carbocycles. The zero-order valence-corrected chi connectivity index (χ0v) is 25.0. The smallest absolute Gasteiger partial charge is 0.508 e. The first kappa shape index (κ1) is 33.8. The lowest BCUT2D eigenvalue weighted by molar-refractivity contribution is -0.111. The van der Waals surface area contributed by atoms with E-state index in [1.54, 1.807) is 12.2 Å². The Morgan fingerprint density at radius 3 is 1.81 bits per heavy atom. The van der Waals surface area contributed by atoms with Gasteiger partial charge in [0.15, 0.2) is 0 Å². The molecule has 3 fully saturated rings. The molecule has 7 heteroatoms. The van der Waals surface area contributed by atoms with Crippen LogP contribution in [0.5, 0.6) is 0 Å². The van der Waals surface area contributed by atoms with Crippen LogP contribution >= 0.6 is 0 Å². The zero-order valence-electron chi connectivity index (χ0n) is 24.0. The van der Waals surface area contributed by atoms with Gasteiger partial charge in [0.05, 0.1) is 29.7 Å². The average molecular weight is 539 g/mol. The summed E-state index contributed by atoms with van der Waals surface area (Å²) in [6, 6.07) is 0.603. The van der Waals surface area contributed by atoms with Gasteiger partial charge in [0.2, 0.25) is 0 Å². The summed E-state index contributed by atoms with van der Waals surface area (Å²) >= 11 is 0. The van der Waals surface area contributed by atoms with Crippen LogP contribution in [0.3, 0.4) is 0 Å². The van der Waals surface area contributed by atoms with Gasteiger partial charge in [0.1, 0.15) is 6.29 Å². The van der Waals surface area contributed by atoms with E-state index >= 15 is 0 Å². The van der Waals surface area contributed by atoms with E-state index in [2.05, 4.69) is 19.7 Å². The van der Waals surface area contributed by atoms with Crippen molar-refractivity contribution in [2.24, 2.45) is 11.8 Å². The van der Waals surface area contributed by atoms with Crippen molar-refractivity contribution in [3.05, 3.63) is 38.2 Å². The van der Waals surface area contributed by atoms with E-state index < -0.39 is 14.9 Å². The summed E-state index contributed by atoms with van der Waals surface area (Å²) in [4.78, 5) is 10.2. The van der Waals surface area contributed by atoms with Gasteiger partial charge in [-0.25, -0.2) is 0 Å². The second-order valence-corrected chi connectivity index (χ2v) is 14.0. The van der Waals surface area contributed by atoms with Crippen LogP contribution in [0.2, 0.25) is 6.04 Å². The molecular weight excluding hydrogens is 484 g/mol. The van der Waals surface area contributed by atoms with Crippen molar-refractivity contribution in [3.8, 4) is 0 Å². The molecule has 37 heavy (non-hydrogen) atoms. The standard InChI is InChI=1S/C12H22O2.C11H20O3Si.C7H12O/c1-2-6-11(13)9-12(14)10-7-4-3-5-8-10;1-7-9-15(12-8-2)13-10(3,4)11(5,6)14-15;8-6-7-4-2-1-3-5-7/h2,10-14H,1,3-9H2;7-8H,1-2,9H2,3-6H3;6-7H,1-5H2/t11-,12-;;/m0../s1. The minimum absolute atomic E-state index is 0.315. The molecule has 3 rings (SSSR count). The minimum atomic E-state index is -2.64. The fourth-order valence-corrected chi connectivity index (χ4v) is 8.13. The Morgan fingerprint density at radius 2 is 1.41 bits per heavy atom. The van der Waals surface area contributed by atoms with Crippen LogP contribution in [0.1, 0.15) is 105 Å². The number of carbonyl (C=O) groups is 1. The van der Waals surface area contributed by atoms with E-state index in [0.29, 0.717) is 30.7 Å². The Balaban J connectivity index is 0.000000290. The zero-order chi connectivity index (χ0) is 28.0. The Hall–Kier alpha value is -1.25. The summed E-state index contributed by atoms with van der Waals surface area (Å²) in [5, 5.41) is 19.4. The van der Waals surface area contributed by atoms with Crippen LogP contribution in [-0.2, 0) is 18.1 Å². The van der Waals surface area contributed by atoms with Crippen LogP contribution in [0, 0.1) is 11.8 Å². The molecule has 1 aliphatic heterocycles. The lowest BCUT2D eigenvalue weighted by atomic mass is 9.83. The minimum Gasteiger partial charge on any atom is -0.508 e. The van der Waals surface area contributed by atoms with Gasteiger partial charge in [-0.15, -0.1) is 13.2 Å². The van der Waals surface area contributed by atoms with Gasteiger partial charge < -0.3 is 28.3 Å². The molecule has 2 N–H and O–H groups in total. The summed E-state index contributed by atoms with van der Waals surface area (Å²) in [6.07, 6.45) is 18.5. The van der Waals surface area contributed by atoms with Crippen LogP contribution < -0.4 is 0 Å². The van der Waals surface area contributed by atoms with E-state index in [4.69, 9.17) is 13.3 Å². The monoisotopic (exact) mass is 538 g/mol. The summed E-state index contributed by atoms with van der Waals surface area (Å²) in [7, 11) is -2.64. The predicted octanol–water partition coefficient (Wildman–Crippen LogP) is 6.90. The second kappa shape index (κ2) is 16.7. The number of aliphatic hydroxyl groups excluding tert-OH is 2. The van der Waals surface area contributed by atoms with E-state index in [0.717, 1.165) is 32.0 Å². The number of hydrogen-bond donors (Lipinski definition) is 2. The molecule has 214 valence electrons. The maximum absolute atomic E-state index is 10.2. The third kappa shape index (κ3) is 11.6. The SMILES string of the molecule is C=CC[C@H](O)C[C@H](O)C1CCCCC1.C=CC[Si]1(OC=C)OC(C)(C)C(C)(C)O1.O=CC1CCCCC1. The maximum Gasteiger partial charge on any atom is 0.570 e. The number of allylic oxidation sites excluding steroid dienone is 1. The third-order valence-corrected chi connectivity index (χ3v) is 10.9. The summed E-state index contributed by atoms with van der Waals surface area (Å²) < 4.78 is 17.5. The van der Waals surface area contributed by atoms with Crippen molar-refractivity contribution in [2.75, 3.05) is 0 Å². The highest BCUT2D eigenvalue weighted by atomic mass is 28.4. The third-order valence-electron chi connectivity index (χ3n) is 7.92. The maximum atomic E-state index is 10.2. The van der Waals surface area contributed by atoms with Gasteiger partial charge in [-0.05, 0) is 72.1 Å². The quantitative estimate of drug-likeness (QED) is 0.136. The molecule has 6 nitrogen and oxygen atoms in total. The molecule has 0 aromatic carbocycles. The van der Waals surface area contributed by atoms with Gasteiger partial charge in [-0.3, -0.25) is 0 Å². The lowest BCUT2D eigenvalue weighted by Crippen LogP contribution is -2.41. The Kier molecular flexibility index (Phi) is 15.2. The molecule has 0 radical (unpaired) electrons. The van der Waals surface area contributed by atoms with Crippen LogP contribution in [-0.4, -0.2) is 48.7 Å². The highest BCUT2D eigenvalue weighted by Crippen LogP contribution is 2.43. The van der Waals surface area contributed by atoms with E-state index in [9.17, 15) is 15.0 Å². The predicted molar refractivity (Wildman–Crippen MR) is 153 cm³/mol. The van der Waals surface area contributed by atoms with E-state index in [-0.39, 0.29) is 17.3 Å². The van der Waals surface area contributed by atoms with Crippen molar-refractivity contribution >= 4 is 15.1 Å². The highest BCUT2D eigenvalue weighted by Gasteiger charge is 2.62. The first-order valence-corrected chi connectivity index (χ1v) is 16.1. The van der Waals surface area contributed by atoms with E-state index in [1.165, 1.54) is 44.8 Å². The van der Waals surface area contributed by atoms with Gasteiger partial charge in [0.25, 0.3) is 0 Å². The number of aldehydes is 1. The summed E-state index contributed by atoms with van der Waals surface area (Å²) in [5.74, 6) is 0.826. The molecule has 0 amide bonds. The first-order valence-electron chi connectivity index (χ1n) is 14.2. The Bertz CT molecular complexity index is 652. The fraction of sp³-hybridized carbons (Fsp3) is 0.767. The number of rotatable bonds is 10. The van der Waals surface area contributed by atoms with Crippen molar-refractivity contribution in [3.63, 3.8) is 0 Å². The molecular formula is C30H54O6Si. The molecule has 0 aromatic heterocycles. The molecule has 3 aliphatic rings. The number of carbonyl (C=O) groups excluding carboxylic acids is 1. The van der Waals surface area contributed by atoms with Crippen molar-refractivity contribution in [2.45, 2.75) is 134 Å². The molecule has 0 aromatic rings. The molecule has 0 unspecified atom stereocenters. The Labute approximate surface area is 227 Å². The molecule has 1 saturated heterocycles. The topological polar surface area (TPSA) is 85.2 Å². The number of hydrogen-bond acceptors (Lipinski definition) is 6. The average Bonchev–Trinajstić information content (AvgIpc) is 3.04. The van der Waals surface area contributed by atoms with Gasteiger partial charge in [-0.1, -0.05) is 57.3 Å². The van der Waals surface area contributed by atoms with Gasteiger partial charge in [0, 0.05) is 12.0 Å². The normalized spacial score (nSPS) is 24.2. The molecule has 2 saturated carbocycles. The largest absolute Gasteiger partial charge is 0.570 e. The van der Waals surface area contributed by atoms with Gasteiger partial charge in [-0.2, -0.15) is 0 Å². The van der Waals surface area contributed by atoms with Crippen LogP contribution in [0.15, 0.2) is 38.2 Å². The summed E-state index contributed by atoms with van der Waals surface area (Å²) in [5.41, 5.74) is -0.712. The Morgan fingerprint density at radius 1 is 0.892 bits per heavy atom. The van der Waals surface area contributed by atoms with Crippen molar-refractivity contribution in [1.29, 1.82) is 0 Å². The molecule has 2 atom stereocenters. The van der Waals surface area contributed by atoms with Crippen LogP contribution in [0.25, 0.3) is 0 Å².